The van der Waals surface area contributed by atoms with E-state index in [0.717, 1.165) is 6.42 Å². The van der Waals surface area contributed by atoms with E-state index in [4.69, 9.17) is 0 Å². The topological polar surface area (TPSA) is 0 Å². The van der Waals surface area contributed by atoms with Gasteiger partial charge < -0.3 is 0 Å². The summed E-state index contributed by atoms with van der Waals surface area (Å²) in [7, 11) is 0. The van der Waals surface area contributed by atoms with Gasteiger partial charge in [-0.25, -0.2) is 0 Å². The molecule has 0 aliphatic heterocycles. The van der Waals surface area contributed by atoms with Crippen LogP contribution in [-0.4, -0.2) is 0 Å². The molecule has 2 rings (SSSR count). The molecule has 0 nitrogen and oxygen atoms in total. The van der Waals surface area contributed by atoms with Crippen molar-refractivity contribution < 1.29 is 0 Å². The largest absolute Gasteiger partial charge is 0.0622 e. The van der Waals surface area contributed by atoms with Gasteiger partial charge in [0.05, 0.1) is 0 Å². The van der Waals surface area contributed by atoms with Crippen LogP contribution in [0.5, 0.6) is 0 Å². The van der Waals surface area contributed by atoms with E-state index >= 15 is 0 Å². The first kappa shape index (κ1) is 13.9. The van der Waals surface area contributed by atoms with Crippen LogP contribution in [0.2, 0.25) is 0 Å². The molecule has 0 heteroatoms. The van der Waals surface area contributed by atoms with Crippen molar-refractivity contribution in [3.8, 4) is 0 Å². The Hall–Kier alpha value is -1.56. The Kier molecular flexibility index (Phi) is 3.80. The van der Waals surface area contributed by atoms with E-state index in [9.17, 15) is 0 Å². The summed E-state index contributed by atoms with van der Waals surface area (Å²) in [6, 6.07) is 21.5. The highest BCUT2D eigenvalue weighted by molar-refractivity contribution is 5.41. The van der Waals surface area contributed by atoms with Gasteiger partial charge in [-0.1, -0.05) is 88.4 Å². The normalized spacial score (nSPS) is 12.4. The number of rotatable bonds is 3. The maximum Gasteiger partial charge on any atom is 0.0251 e. The van der Waals surface area contributed by atoms with Crippen molar-refractivity contribution in [3.63, 3.8) is 0 Å². The fraction of sp³-hybridized carbons (Fsp3) is 0.316. The fourth-order valence-corrected chi connectivity index (χ4v) is 3.14. The molecule has 0 bridgehead atoms. The summed E-state index contributed by atoms with van der Waals surface area (Å²) in [6.07, 6.45) is 0.852. The first-order chi connectivity index (χ1) is 9.02. The van der Waals surface area contributed by atoms with Gasteiger partial charge in [0.1, 0.15) is 0 Å². The van der Waals surface area contributed by atoms with E-state index in [2.05, 4.69) is 88.4 Å². The second-order valence-corrected chi connectivity index (χ2v) is 6.14. The average molecular weight is 251 g/mol. The minimum atomic E-state index is -0.0461. The van der Waals surface area contributed by atoms with Crippen molar-refractivity contribution in [1.82, 2.24) is 0 Å². The number of hydrogen-bond acceptors (Lipinski definition) is 0. The number of hydrogen-bond donors (Lipinski definition) is 0. The zero-order valence-electron chi connectivity index (χ0n) is 12.2. The molecule has 0 amide bonds. The van der Waals surface area contributed by atoms with E-state index in [1.807, 2.05) is 0 Å². The minimum Gasteiger partial charge on any atom is -0.0622 e. The summed E-state index contributed by atoms with van der Waals surface area (Å²) in [6.45, 7) is 11.2. The highest BCUT2D eigenvalue weighted by Gasteiger charge is 2.43. The molecule has 0 saturated carbocycles. The highest BCUT2D eigenvalue weighted by atomic mass is 14.5. The summed E-state index contributed by atoms with van der Waals surface area (Å²) >= 11 is 0. The van der Waals surface area contributed by atoms with Crippen LogP contribution in [-0.2, 0) is 5.41 Å². The molecule has 0 heterocycles. The predicted octanol–water partition coefficient (Wildman–Crippen LogP) is 5.24. The molecule has 0 fully saturated rings. The van der Waals surface area contributed by atoms with Crippen LogP contribution in [0.3, 0.4) is 0 Å². The van der Waals surface area contributed by atoms with Crippen LogP contribution < -0.4 is 0 Å². The molecule has 99 valence electrons. The van der Waals surface area contributed by atoms with Crippen molar-refractivity contribution in [2.45, 2.75) is 32.6 Å². The zero-order valence-corrected chi connectivity index (χ0v) is 12.2. The summed E-state index contributed by atoms with van der Waals surface area (Å²) in [5, 5.41) is 0. The van der Waals surface area contributed by atoms with E-state index in [-0.39, 0.29) is 10.8 Å². The Bertz CT molecular complexity index is 463. The predicted molar refractivity (Wildman–Crippen MR) is 83.1 cm³/mol. The van der Waals surface area contributed by atoms with Gasteiger partial charge >= 0.3 is 0 Å². The summed E-state index contributed by atoms with van der Waals surface area (Å²) in [5.74, 6) is 0. The molecule has 0 N–H and O–H groups in total. The van der Waals surface area contributed by atoms with Crippen molar-refractivity contribution in [3.05, 3.63) is 78.7 Å². The lowest BCUT2D eigenvalue weighted by Crippen LogP contribution is -2.40. The Balaban J connectivity index is 2.70. The average Bonchev–Trinajstić information content (AvgIpc) is 2.41. The van der Waals surface area contributed by atoms with Crippen molar-refractivity contribution in [2.24, 2.45) is 5.41 Å². The van der Waals surface area contributed by atoms with E-state index in [1.54, 1.807) is 0 Å². The number of benzene rings is 2. The molecular formula is C19H23. The smallest absolute Gasteiger partial charge is 0.0251 e. The van der Waals surface area contributed by atoms with Crippen LogP contribution in [0.1, 0.15) is 38.3 Å². The Morgan fingerprint density at radius 2 is 1.11 bits per heavy atom. The van der Waals surface area contributed by atoms with Crippen LogP contribution in [0.15, 0.2) is 60.7 Å². The summed E-state index contributed by atoms with van der Waals surface area (Å²) < 4.78 is 0. The fourth-order valence-electron chi connectivity index (χ4n) is 3.14. The van der Waals surface area contributed by atoms with Gasteiger partial charge in [0.15, 0.2) is 0 Å². The van der Waals surface area contributed by atoms with Gasteiger partial charge in [0.25, 0.3) is 0 Å². The Morgan fingerprint density at radius 3 is 1.37 bits per heavy atom. The summed E-state index contributed by atoms with van der Waals surface area (Å²) in [5.41, 5.74) is 2.76. The van der Waals surface area contributed by atoms with Gasteiger partial charge in [0.2, 0.25) is 0 Å². The molecule has 2 aromatic rings. The molecular weight excluding hydrogens is 228 g/mol. The lowest BCUT2D eigenvalue weighted by atomic mass is 9.58. The first-order valence-corrected chi connectivity index (χ1v) is 6.92. The molecule has 0 atom stereocenters. The van der Waals surface area contributed by atoms with Crippen LogP contribution in [0.4, 0.5) is 0 Å². The SMILES string of the molecule is [CH2]CC(c1ccccc1)(c1ccccc1)C(C)(C)C. The minimum absolute atomic E-state index is 0.0461. The second-order valence-electron chi connectivity index (χ2n) is 6.14. The monoisotopic (exact) mass is 251 g/mol. The molecule has 2 aromatic carbocycles. The molecule has 0 aromatic heterocycles. The Morgan fingerprint density at radius 1 is 0.737 bits per heavy atom. The molecule has 0 unspecified atom stereocenters. The molecule has 0 aliphatic rings. The molecule has 1 radical (unpaired) electrons. The van der Waals surface area contributed by atoms with Gasteiger partial charge in [-0.2, -0.15) is 0 Å². The zero-order chi connectivity index (χ0) is 13.9. The highest BCUT2D eigenvalue weighted by Crippen LogP contribution is 2.49. The van der Waals surface area contributed by atoms with Gasteiger partial charge in [-0.15, -0.1) is 0 Å². The second kappa shape index (κ2) is 5.21. The maximum absolute atomic E-state index is 4.28. The lowest BCUT2D eigenvalue weighted by molar-refractivity contribution is 0.228. The third kappa shape index (κ3) is 2.32. The van der Waals surface area contributed by atoms with Crippen molar-refractivity contribution in [2.75, 3.05) is 0 Å². The first-order valence-electron chi connectivity index (χ1n) is 6.92. The quantitative estimate of drug-likeness (QED) is 0.699. The lowest BCUT2D eigenvalue weighted by Gasteiger charge is -2.45. The molecule has 0 spiro atoms. The van der Waals surface area contributed by atoms with Crippen molar-refractivity contribution >= 4 is 0 Å². The standard InChI is InChI=1S/C19H23/c1-5-19(18(2,3)4,16-12-8-6-9-13-16)17-14-10-7-11-15-17/h6-15H,1,5H2,2-4H3. The maximum atomic E-state index is 4.28. The van der Waals surface area contributed by atoms with Crippen LogP contribution in [0, 0.1) is 12.3 Å². The summed E-state index contributed by atoms with van der Waals surface area (Å²) in [4.78, 5) is 0. The van der Waals surface area contributed by atoms with E-state index in [1.165, 1.54) is 11.1 Å². The van der Waals surface area contributed by atoms with Crippen molar-refractivity contribution in [1.29, 1.82) is 0 Å². The van der Waals surface area contributed by atoms with Crippen LogP contribution in [0.25, 0.3) is 0 Å². The molecule has 0 aliphatic carbocycles. The van der Waals surface area contributed by atoms with Gasteiger partial charge in [-0.3, -0.25) is 0 Å². The van der Waals surface area contributed by atoms with E-state index in [0.29, 0.717) is 0 Å². The third-order valence-electron chi connectivity index (χ3n) is 4.19. The van der Waals surface area contributed by atoms with E-state index < -0.39 is 0 Å². The Labute approximate surface area is 117 Å². The van der Waals surface area contributed by atoms with Crippen LogP contribution >= 0.6 is 0 Å². The third-order valence-corrected chi connectivity index (χ3v) is 4.19. The van der Waals surface area contributed by atoms with Gasteiger partial charge in [0, 0.05) is 5.41 Å². The molecule has 19 heavy (non-hydrogen) atoms. The molecule has 0 saturated heterocycles. The van der Waals surface area contributed by atoms with Gasteiger partial charge in [-0.05, 0) is 23.0 Å².